The number of benzene rings is 2. The standard InChI is InChI=1S/C25H24ClN3O3/c1-31-21-7-5-20(6-8-21)27-10-12-28(13-11-27)25(30)23-16-24-22(9-14-32-24)29(23)17-18-3-2-4-19(26)15-18/h2-9,14-16H,10-13,17H2,1H3. The molecule has 2 aromatic carbocycles. The second kappa shape index (κ2) is 8.63. The van der Waals surface area contributed by atoms with Crippen LogP contribution in [0.25, 0.3) is 11.1 Å². The van der Waals surface area contributed by atoms with E-state index < -0.39 is 0 Å². The predicted octanol–water partition coefficient (Wildman–Crippen LogP) is 4.91. The molecule has 1 aliphatic heterocycles. The van der Waals surface area contributed by atoms with E-state index >= 15 is 0 Å². The van der Waals surface area contributed by atoms with Gasteiger partial charge in [-0.2, -0.15) is 0 Å². The number of piperazine rings is 1. The van der Waals surface area contributed by atoms with Gasteiger partial charge < -0.3 is 23.5 Å². The van der Waals surface area contributed by atoms with Crippen LogP contribution in [0.15, 0.2) is 71.3 Å². The Hall–Kier alpha value is -3.38. The summed E-state index contributed by atoms with van der Waals surface area (Å²) in [5.41, 5.74) is 4.43. The van der Waals surface area contributed by atoms with Crippen molar-refractivity contribution in [1.82, 2.24) is 9.47 Å². The van der Waals surface area contributed by atoms with Gasteiger partial charge in [0.25, 0.3) is 5.91 Å². The largest absolute Gasteiger partial charge is 0.497 e. The Morgan fingerprint density at radius 3 is 2.53 bits per heavy atom. The third-order valence-corrected chi connectivity index (χ3v) is 6.21. The van der Waals surface area contributed by atoms with Crippen LogP contribution in [-0.2, 0) is 6.54 Å². The highest BCUT2D eigenvalue weighted by Gasteiger charge is 2.26. The van der Waals surface area contributed by atoms with Crippen molar-refractivity contribution in [1.29, 1.82) is 0 Å². The molecule has 1 aliphatic rings. The van der Waals surface area contributed by atoms with E-state index in [2.05, 4.69) is 17.0 Å². The molecule has 164 valence electrons. The third-order valence-electron chi connectivity index (χ3n) is 5.98. The number of amides is 1. The summed E-state index contributed by atoms with van der Waals surface area (Å²) < 4.78 is 12.9. The van der Waals surface area contributed by atoms with Crippen molar-refractivity contribution < 1.29 is 13.9 Å². The Balaban J connectivity index is 1.34. The summed E-state index contributed by atoms with van der Waals surface area (Å²) in [5, 5.41) is 0.681. The lowest BCUT2D eigenvalue weighted by atomic mass is 10.2. The van der Waals surface area contributed by atoms with Gasteiger partial charge in [0, 0.05) is 55.6 Å². The molecule has 6 nitrogen and oxygen atoms in total. The maximum absolute atomic E-state index is 13.5. The average molecular weight is 450 g/mol. The van der Waals surface area contributed by atoms with E-state index in [1.165, 1.54) is 0 Å². The molecule has 0 unspecified atom stereocenters. The first-order valence-electron chi connectivity index (χ1n) is 10.6. The maximum atomic E-state index is 13.5. The Kier molecular flexibility index (Phi) is 5.53. The number of rotatable bonds is 5. The Labute approximate surface area is 191 Å². The second-order valence-corrected chi connectivity index (χ2v) is 8.33. The molecule has 5 rings (SSSR count). The lowest BCUT2D eigenvalue weighted by molar-refractivity contribution is 0.0737. The summed E-state index contributed by atoms with van der Waals surface area (Å²) in [6, 6.07) is 19.5. The fourth-order valence-electron chi connectivity index (χ4n) is 4.27. The number of aromatic nitrogens is 1. The Bertz CT molecular complexity index is 1240. The molecule has 0 aliphatic carbocycles. The van der Waals surface area contributed by atoms with Crippen LogP contribution in [0.1, 0.15) is 16.1 Å². The highest BCUT2D eigenvalue weighted by molar-refractivity contribution is 6.30. The van der Waals surface area contributed by atoms with Crippen molar-refractivity contribution >= 4 is 34.3 Å². The Morgan fingerprint density at radius 2 is 1.81 bits per heavy atom. The van der Waals surface area contributed by atoms with E-state index in [-0.39, 0.29) is 5.91 Å². The number of methoxy groups -OCH3 is 1. The molecule has 7 heteroatoms. The molecule has 0 atom stereocenters. The molecule has 2 aromatic heterocycles. The molecular formula is C25H24ClN3O3. The number of ether oxygens (including phenoxy) is 1. The first-order chi connectivity index (χ1) is 15.6. The minimum Gasteiger partial charge on any atom is -0.497 e. The summed E-state index contributed by atoms with van der Waals surface area (Å²) in [5.74, 6) is 0.861. The van der Waals surface area contributed by atoms with Gasteiger partial charge in [0.15, 0.2) is 5.58 Å². The number of hydrogen-bond acceptors (Lipinski definition) is 4. The summed E-state index contributed by atoms with van der Waals surface area (Å²) in [7, 11) is 1.67. The second-order valence-electron chi connectivity index (χ2n) is 7.89. The number of carbonyl (C=O) groups excluding carboxylic acids is 1. The normalized spacial score (nSPS) is 14.2. The highest BCUT2D eigenvalue weighted by Crippen LogP contribution is 2.26. The van der Waals surface area contributed by atoms with Crippen LogP contribution in [0, 0.1) is 0 Å². The van der Waals surface area contributed by atoms with Crippen molar-refractivity contribution in [2.45, 2.75) is 6.54 Å². The molecule has 1 saturated heterocycles. The van der Waals surface area contributed by atoms with E-state index in [1.54, 1.807) is 13.4 Å². The molecule has 0 bridgehead atoms. The van der Waals surface area contributed by atoms with Crippen molar-refractivity contribution in [2.75, 3.05) is 38.2 Å². The molecule has 0 spiro atoms. The molecule has 0 radical (unpaired) electrons. The van der Waals surface area contributed by atoms with E-state index in [9.17, 15) is 4.79 Å². The summed E-state index contributed by atoms with van der Waals surface area (Å²) in [6.45, 7) is 3.44. The van der Waals surface area contributed by atoms with Gasteiger partial charge in [-0.1, -0.05) is 23.7 Å². The van der Waals surface area contributed by atoms with Gasteiger partial charge in [-0.25, -0.2) is 0 Å². The molecular weight excluding hydrogens is 426 g/mol. The lowest BCUT2D eigenvalue weighted by Gasteiger charge is -2.36. The number of anilines is 1. The van der Waals surface area contributed by atoms with Gasteiger partial charge in [-0.05, 0) is 42.0 Å². The van der Waals surface area contributed by atoms with Crippen LogP contribution < -0.4 is 9.64 Å². The average Bonchev–Trinajstić information content (AvgIpc) is 3.41. The lowest BCUT2D eigenvalue weighted by Crippen LogP contribution is -2.49. The van der Waals surface area contributed by atoms with Crippen molar-refractivity contribution in [2.24, 2.45) is 0 Å². The molecule has 3 heterocycles. The zero-order valence-electron chi connectivity index (χ0n) is 17.8. The molecule has 1 amide bonds. The van der Waals surface area contributed by atoms with Crippen LogP contribution in [0.2, 0.25) is 5.02 Å². The van der Waals surface area contributed by atoms with Gasteiger partial charge in [0.1, 0.15) is 11.4 Å². The zero-order chi connectivity index (χ0) is 22.1. The van der Waals surface area contributed by atoms with E-state index in [1.807, 2.05) is 58.0 Å². The van der Waals surface area contributed by atoms with E-state index in [0.29, 0.717) is 35.9 Å². The van der Waals surface area contributed by atoms with E-state index in [4.69, 9.17) is 20.8 Å². The molecule has 4 aromatic rings. The van der Waals surface area contributed by atoms with Crippen molar-refractivity contribution in [3.8, 4) is 5.75 Å². The van der Waals surface area contributed by atoms with Gasteiger partial charge in [-0.15, -0.1) is 0 Å². The third kappa shape index (κ3) is 3.94. The van der Waals surface area contributed by atoms with Crippen LogP contribution >= 0.6 is 11.6 Å². The quantitative estimate of drug-likeness (QED) is 0.434. The number of furan rings is 1. The molecule has 0 N–H and O–H groups in total. The first-order valence-corrected chi connectivity index (χ1v) is 11.0. The number of nitrogens with zero attached hydrogens (tertiary/aromatic N) is 3. The topological polar surface area (TPSA) is 50.9 Å². The smallest absolute Gasteiger partial charge is 0.270 e. The van der Waals surface area contributed by atoms with E-state index in [0.717, 1.165) is 35.6 Å². The predicted molar refractivity (Wildman–Crippen MR) is 126 cm³/mol. The number of fused-ring (bicyclic) bond motifs is 1. The fraction of sp³-hybridized carbons (Fsp3) is 0.240. The Morgan fingerprint density at radius 1 is 1.03 bits per heavy atom. The number of halogens is 1. The SMILES string of the molecule is COc1ccc(N2CCN(C(=O)c3cc4occc4n3Cc3cccc(Cl)c3)CC2)cc1. The molecule has 1 fully saturated rings. The van der Waals surface area contributed by atoms with Crippen LogP contribution in [-0.4, -0.2) is 48.7 Å². The van der Waals surface area contributed by atoms with Gasteiger partial charge >= 0.3 is 0 Å². The minimum atomic E-state index is 0.0211. The molecule has 32 heavy (non-hydrogen) atoms. The summed E-state index contributed by atoms with van der Waals surface area (Å²) in [6.07, 6.45) is 1.65. The molecule has 0 saturated carbocycles. The summed E-state index contributed by atoms with van der Waals surface area (Å²) in [4.78, 5) is 17.7. The summed E-state index contributed by atoms with van der Waals surface area (Å²) >= 11 is 6.17. The fourth-order valence-corrected chi connectivity index (χ4v) is 4.48. The van der Waals surface area contributed by atoms with Crippen molar-refractivity contribution in [3.63, 3.8) is 0 Å². The highest BCUT2D eigenvalue weighted by atomic mass is 35.5. The monoisotopic (exact) mass is 449 g/mol. The van der Waals surface area contributed by atoms with Gasteiger partial charge in [0.2, 0.25) is 0 Å². The number of carbonyl (C=O) groups is 1. The zero-order valence-corrected chi connectivity index (χ0v) is 18.6. The maximum Gasteiger partial charge on any atom is 0.270 e. The minimum absolute atomic E-state index is 0.0211. The number of hydrogen-bond donors (Lipinski definition) is 0. The van der Waals surface area contributed by atoms with Crippen LogP contribution in [0.5, 0.6) is 5.75 Å². The van der Waals surface area contributed by atoms with Gasteiger partial charge in [-0.3, -0.25) is 4.79 Å². The van der Waals surface area contributed by atoms with Gasteiger partial charge in [0.05, 0.1) is 18.9 Å². The van der Waals surface area contributed by atoms with Crippen molar-refractivity contribution in [3.05, 3.63) is 83.2 Å². The first kappa shape index (κ1) is 20.5. The van der Waals surface area contributed by atoms with Crippen LogP contribution in [0.3, 0.4) is 0 Å². The van der Waals surface area contributed by atoms with Crippen LogP contribution in [0.4, 0.5) is 5.69 Å².